The van der Waals surface area contributed by atoms with Crippen molar-refractivity contribution in [2.24, 2.45) is 0 Å². The van der Waals surface area contributed by atoms with Gasteiger partial charge in [-0.3, -0.25) is 4.79 Å². The van der Waals surface area contributed by atoms with Crippen molar-refractivity contribution in [2.45, 2.75) is 19.8 Å². The SMILES string of the molecule is CCCC(=O)c1cc(Cl)cs1. The van der Waals surface area contributed by atoms with Gasteiger partial charge in [0, 0.05) is 11.8 Å². The van der Waals surface area contributed by atoms with Crippen molar-refractivity contribution in [1.29, 1.82) is 0 Å². The van der Waals surface area contributed by atoms with Crippen molar-refractivity contribution >= 4 is 28.7 Å². The highest BCUT2D eigenvalue weighted by molar-refractivity contribution is 7.12. The third-order valence-electron chi connectivity index (χ3n) is 1.32. The monoisotopic (exact) mass is 188 g/mol. The summed E-state index contributed by atoms with van der Waals surface area (Å²) in [6.45, 7) is 1.99. The van der Waals surface area contributed by atoms with Crippen molar-refractivity contribution in [3.8, 4) is 0 Å². The summed E-state index contributed by atoms with van der Waals surface area (Å²) in [7, 11) is 0. The van der Waals surface area contributed by atoms with Crippen LogP contribution in [0.3, 0.4) is 0 Å². The van der Waals surface area contributed by atoms with Crippen LogP contribution in [0, 0.1) is 0 Å². The number of thiophene rings is 1. The van der Waals surface area contributed by atoms with E-state index >= 15 is 0 Å². The van der Waals surface area contributed by atoms with Gasteiger partial charge in [-0.05, 0) is 12.5 Å². The molecule has 0 saturated heterocycles. The number of rotatable bonds is 3. The van der Waals surface area contributed by atoms with Crippen LogP contribution in [0.5, 0.6) is 0 Å². The molecule has 0 aliphatic carbocycles. The summed E-state index contributed by atoms with van der Waals surface area (Å²) in [5.74, 6) is 0.199. The second kappa shape index (κ2) is 3.88. The molecule has 3 heteroatoms. The largest absolute Gasteiger partial charge is 0.293 e. The summed E-state index contributed by atoms with van der Waals surface area (Å²) < 4.78 is 0. The van der Waals surface area contributed by atoms with Crippen LogP contribution in [-0.4, -0.2) is 5.78 Å². The van der Waals surface area contributed by atoms with E-state index < -0.39 is 0 Å². The Kier molecular flexibility index (Phi) is 3.09. The number of carbonyl (C=O) groups excluding carboxylic acids is 1. The van der Waals surface area contributed by atoms with Gasteiger partial charge in [0.2, 0.25) is 0 Å². The van der Waals surface area contributed by atoms with Gasteiger partial charge < -0.3 is 0 Å². The van der Waals surface area contributed by atoms with Crippen LogP contribution in [-0.2, 0) is 0 Å². The first kappa shape index (κ1) is 8.75. The number of hydrogen-bond acceptors (Lipinski definition) is 2. The van der Waals surface area contributed by atoms with Crippen LogP contribution in [0.15, 0.2) is 11.4 Å². The molecule has 0 spiro atoms. The fourth-order valence-electron chi connectivity index (χ4n) is 0.810. The first-order chi connectivity index (χ1) is 5.24. The number of carbonyl (C=O) groups is 1. The number of Topliss-reactive ketones (excluding diaryl/α,β-unsaturated/α-hetero) is 1. The second-order valence-corrected chi connectivity index (χ2v) is 3.65. The Morgan fingerprint density at radius 2 is 2.45 bits per heavy atom. The number of hydrogen-bond donors (Lipinski definition) is 0. The number of ketones is 1. The zero-order valence-electron chi connectivity index (χ0n) is 6.26. The molecule has 0 amide bonds. The highest BCUT2D eigenvalue weighted by Crippen LogP contribution is 2.20. The maximum absolute atomic E-state index is 11.2. The lowest BCUT2D eigenvalue weighted by Gasteiger charge is -1.90. The Morgan fingerprint density at radius 3 is 2.91 bits per heavy atom. The standard InChI is InChI=1S/C8H9ClOS/c1-2-3-7(10)8-4-6(9)5-11-8/h4-5H,2-3H2,1H3. The molecule has 0 aliphatic rings. The minimum atomic E-state index is 0.199. The van der Waals surface area contributed by atoms with Gasteiger partial charge in [-0.25, -0.2) is 0 Å². The quantitative estimate of drug-likeness (QED) is 0.665. The van der Waals surface area contributed by atoms with Crippen molar-refractivity contribution in [3.05, 3.63) is 21.3 Å². The molecule has 0 bridgehead atoms. The molecule has 1 aromatic rings. The molecule has 0 saturated carbocycles. The summed E-state index contributed by atoms with van der Waals surface area (Å²) >= 11 is 7.08. The van der Waals surface area contributed by atoms with E-state index in [9.17, 15) is 4.79 Å². The fourth-order valence-corrected chi connectivity index (χ4v) is 1.85. The van der Waals surface area contributed by atoms with Crippen LogP contribution in [0.1, 0.15) is 29.4 Å². The van der Waals surface area contributed by atoms with Gasteiger partial charge in [0.25, 0.3) is 0 Å². The van der Waals surface area contributed by atoms with E-state index in [1.54, 1.807) is 11.4 Å². The molecule has 11 heavy (non-hydrogen) atoms. The zero-order chi connectivity index (χ0) is 8.27. The van der Waals surface area contributed by atoms with Crippen LogP contribution in [0.25, 0.3) is 0 Å². The van der Waals surface area contributed by atoms with Gasteiger partial charge >= 0.3 is 0 Å². The highest BCUT2D eigenvalue weighted by atomic mass is 35.5. The van der Waals surface area contributed by atoms with Gasteiger partial charge in [-0.2, -0.15) is 0 Å². The maximum atomic E-state index is 11.2. The van der Waals surface area contributed by atoms with Crippen LogP contribution >= 0.6 is 22.9 Å². The Bertz CT molecular complexity index is 254. The van der Waals surface area contributed by atoms with E-state index in [1.165, 1.54) is 11.3 Å². The van der Waals surface area contributed by atoms with Crippen LogP contribution in [0.4, 0.5) is 0 Å². The average Bonchev–Trinajstić information content (AvgIpc) is 2.36. The summed E-state index contributed by atoms with van der Waals surface area (Å²) in [4.78, 5) is 12.0. The van der Waals surface area contributed by atoms with Crippen molar-refractivity contribution in [3.63, 3.8) is 0 Å². The molecule has 60 valence electrons. The fraction of sp³-hybridized carbons (Fsp3) is 0.375. The third-order valence-corrected chi connectivity index (χ3v) is 2.64. The van der Waals surface area contributed by atoms with E-state index in [1.807, 2.05) is 6.92 Å². The van der Waals surface area contributed by atoms with Crippen molar-refractivity contribution in [1.82, 2.24) is 0 Å². The lowest BCUT2D eigenvalue weighted by Crippen LogP contribution is -1.93. The summed E-state index contributed by atoms with van der Waals surface area (Å²) in [6, 6.07) is 1.73. The molecular formula is C8H9ClOS. The van der Waals surface area contributed by atoms with Gasteiger partial charge in [0.1, 0.15) is 0 Å². The first-order valence-electron chi connectivity index (χ1n) is 3.51. The van der Waals surface area contributed by atoms with E-state index in [0.717, 1.165) is 11.3 Å². The smallest absolute Gasteiger partial charge is 0.172 e. The van der Waals surface area contributed by atoms with Gasteiger partial charge in [0.15, 0.2) is 5.78 Å². The van der Waals surface area contributed by atoms with Gasteiger partial charge in [-0.15, -0.1) is 11.3 Å². The van der Waals surface area contributed by atoms with E-state index in [0.29, 0.717) is 11.4 Å². The maximum Gasteiger partial charge on any atom is 0.172 e. The Morgan fingerprint density at radius 1 is 1.73 bits per heavy atom. The van der Waals surface area contributed by atoms with Gasteiger partial charge in [-0.1, -0.05) is 18.5 Å². The summed E-state index contributed by atoms with van der Waals surface area (Å²) in [6.07, 6.45) is 1.52. The second-order valence-electron chi connectivity index (χ2n) is 2.30. The van der Waals surface area contributed by atoms with Crippen molar-refractivity contribution < 1.29 is 4.79 Å². The predicted molar refractivity (Wildman–Crippen MR) is 48.6 cm³/mol. The van der Waals surface area contributed by atoms with Crippen molar-refractivity contribution in [2.75, 3.05) is 0 Å². The Hall–Kier alpha value is -0.340. The average molecular weight is 189 g/mol. The summed E-state index contributed by atoms with van der Waals surface area (Å²) in [5, 5.41) is 2.44. The molecule has 1 nitrogen and oxygen atoms in total. The minimum absolute atomic E-state index is 0.199. The molecule has 0 radical (unpaired) electrons. The molecule has 0 atom stereocenters. The Labute approximate surface area is 75.0 Å². The lowest BCUT2D eigenvalue weighted by atomic mass is 10.2. The lowest BCUT2D eigenvalue weighted by molar-refractivity contribution is 0.0985. The zero-order valence-corrected chi connectivity index (χ0v) is 7.84. The predicted octanol–water partition coefficient (Wildman–Crippen LogP) is 3.38. The normalized spacial score (nSPS) is 10.0. The molecule has 0 aliphatic heterocycles. The van der Waals surface area contributed by atoms with E-state index in [-0.39, 0.29) is 5.78 Å². The van der Waals surface area contributed by atoms with Crippen LogP contribution < -0.4 is 0 Å². The Balaban J connectivity index is 2.69. The molecule has 0 N–H and O–H groups in total. The van der Waals surface area contributed by atoms with E-state index in [2.05, 4.69) is 0 Å². The first-order valence-corrected chi connectivity index (χ1v) is 4.77. The molecule has 1 heterocycles. The minimum Gasteiger partial charge on any atom is -0.293 e. The highest BCUT2D eigenvalue weighted by Gasteiger charge is 2.06. The summed E-state index contributed by atoms with van der Waals surface area (Å²) in [5.41, 5.74) is 0. The molecule has 1 rings (SSSR count). The third kappa shape index (κ3) is 2.31. The van der Waals surface area contributed by atoms with Crippen LogP contribution in [0.2, 0.25) is 5.02 Å². The molecule has 0 unspecified atom stereocenters. The molecule has 0 aromatic carbocycles. The van der Waals surface area contributed by atoms with E-state index in [4.69, 9.17) is 11.6 Å². The molecule has 1 aromatic heterocycles. The number of halogens is 1. The molecule has 0 fully saturated rings. The molecular weight excluding hydrogens is 180 g/mol. The topological polar surface area (TPSA) is 17.1 Å². The van der Waals surface area contributed by atoms with Gasteiger partial charge in [0.05, 0.1) is 9.90 Å².